The number of amides is 1. The minimum Gasteiger partial charge on any atom is -0.343 e. The van der Waals surface area contributed by atoms with Gasteiger partial charge in [-0.3, -0.25) is 4.79 Å². The van der Waals surface area contributed by atoms with Crippen molar-refractivity contribution in [3.05, 3.63) is 29.3 Å². The van der Waals surface area contributed by atoms with Crippen LogP contribution in [0.5, 0.6) is 0 Å². The monoisotopic (exact) mass is 338 g/mol. The van der Waals surface area contributed by atoms with Gasteiger partial charge in [-0.2, -0.15) is 0 Å². The van der Waals surface area contributed by atoms with Crippen molar-refractivity contribution < 1.29 is 4.79 Å². The van der Waals surface area contributed by atoms with Crippen LogP contribution in [0.4, 0.5) is 0 Å². The molecule has 22 heavy (non-hydrogen) atoms. The molecule has 3 rings (SSSR count). The minimum atomic E-state index is 0.314. The smallest absolute Gasteiger partial charge is 0.223 e. The average Bonchev–Trinajstić information content (AvgIpc) is 2.87. The molecule has 0 aromatic heterocycles. The fourth-order valence-electron chi connectivity index (χ4n) is 3.41. The Morgan fingerprint density at radius 1 is 1.18 bits per heavy atom. The molecule has 0 saturated carbocycles. The van der Waals surface area contributed by atoms with E-state index in [1.165, 1.54) is 4.90 Å². The lowest BCUT2D eigenvalue weighted by atomic mass is 9.92. The highest BCUT2D eigenvalue weighted by atomic mass is 35.5. The van der Waals surface area contributed by atoms with E-state index in [-0.39, 0.29) is 0 Å². The number of benzene rings is 1. The van der Waals surface area contributed by atoms with E-state index in [1.807, 2.05) is 24.3 Å². The van der Waals surface area contributed by atoms with Crippen molar-refractivity contribution in [3.63, 3.8) is 0 Å². The van der Waals surface area contributed by atoms with E-state index in [9.17, 15) is 4.79 Å². The Labute approximate surface area is 141 Å². The summed E-state index contributed by atoms with van der Waals surface area (Å²) in [4.78, 5) is 15.6. The molecule has 1 amide bonds. The predicted octanol–water partition coefficient (Wildman–Crippen LogP) is 3.28. The zero-order valence-corrected chi connectivity index (χ0v) is 14.3. The predicted molar refractivity (Wildman–Crippen MR) is 92.5 cm³/mol. The molecule has 1 N–H and O–H groups in total. The summed E-state index contributed by atoms with van der Waals surface area (Å²) in [6.07, 6.45) is 2.95. The van der Waals surface area contributed by atoms with E-state index >= 15 is 0 Å². The highest BCUT2D eigenvalue weighted by Gasteiger charge is 2.31. The molecular formula is C17H23ClN2OS. The molecule has 0 spiro atoms. The Morgan fingerprint density at radius 3 is 2.45 bits per heavy atom. The summed E-state index contributed by atoms with van der Waals surface area (Å²) < 4.78 is 0. The average molecular weight is 339 g/mol. The first-order chi connectivity index (χ1) is 10.7. The molecule has 2 atom stereocenters. The minimum absolute atomic E-state index is 0.314. The second-order valence-corrected chi connectivity index (χ2v) is 7.79. The number of fused-ring (bicyclic) bond motifs is 1. The van der Waals surface area contributed by atoms with Gasteiger partial charge in [0.25, 0.3) is 0 Å². The van der Waals surface area contributed by atoms with E-state index in [1.54, 1.807) is 11.8 Å². The van der Waals surface area contributed by atoms with Crippen molar-refractivity contribution >= 4 is 29.3 Å². The Hall–Kier alpha value is -0.710. The summed E-state index contributed by atoms with van der Waals surface area (Å²) in [5.74, 6) is 2.71. The van der Waals surface area contributed by atoms with Gasteiger partial charge in [-0.1, -0.05) is 11.6 Å². The van der Waals surface area contributed by atoms with Crippen LogP contribution < -0.4 is 5.32 Å². The first kappa shape index (κ1) is 16.2. The van der Waals surface area contributed by atoms with Crippen LogP contribution in [0.15, 0.2) is 29.2 Å². The molecule has 0 radical (unpaired) electrons. The molecule has 0 unspecified atom stereocenters. The number of thioether (sulfide) groups is 1. The lowest BCUT2D eigenvalue weighted by Crippen LogP contribution is -2.32. The number of nitrogens with zero attached hydrogens (tertiary/aromatic N) is 1. The molecule has 2 saturated heterocycles. The van der Waals surface area contributed by atoms with Crippen LogP contribution in [-0.4, -0.2) is 42.7 Å². The van der Waals surface area contributed by atoms with Gasteiger partial charge in [0.05, 0.1) is 0 Å². The van der Waals surface area contributed by atoms with Crippen molar-refractivity contribution in [3.8, 4) is 0 Å². The molecule has 2 fully saturated rings. The van der Waals surface area contributed by atoms with Crippen molar-refractivity contribution in [1.82, 2.24) is 10.2 Å². The SMILES string of the molecule is O=C(CCSc1ccc(Cl)cc1)N1CC[C@@H]2CNC[C@@H]2CC1. The number of nitrogens with one attached hydrogen (secondary N) is 1. The fraction of sp³-hybridized carbons (Fsp3) is 0.588. The largest absolute Gasteiger partial charge is 0.343 e. The summed E-state index contributed by atoms with van der Waals surface area (Å²) in [5.41, 5.74) is 0. The van der Waals surface area contributed by atoms with Crippen LogP contribution in [0, 0.1) is 11.8 Å². The number of carbonyl (C=O) groups excluding carboxylic acids is 1. The van der Waals surface area contributed by atoms with Crippen LogP contribution in [0.3, 0.4) is 0 Å². The molecule has 3 nitrogen and oxygen atoms in total. The first-order valence-corrected chi connectivity index (χ1v) is 9.45. The molecule has 2 aliphatic heterocycles. The zero-order chi connectivity index (χ0) is 15.4. The van der Waals surface area contributed by atoms with Gasteiger partial charge in [-0.05, 0) is 62.0 Å². The van der Waals surface area contributed by atoms with E-state index in [0.29, 0.717) is 12.3 Å². The van der Waals surface area contributed by atoms with Crippen molar-refractivity contribution in [1.29, 1.82) is 0 Å². The summed E-state index contributed by atoms with van der Waals surface area (Å²) in [7, 11) is 0. The molecule has 5 heteroatoms. The number of carbonyl (C=O) groups is 1. The maximum absolute atomic E-state index is 12.4. The third-order valence-corrected chi connectivity index (χ3v) is 6.04. The quantitative estimate of drug-likeness (QED) is 0.855. The van der Waals surface area contributed by atoms with E-state index in [4.69, 9.17) is 11.6 Å². The molecule has 120 valence electrons. The summed E-state index contributed by atoms with van der Waals surface area (Å²) in [5, 5.41) is 4.23. The van der Waals surface area contributed by atoms with Crippen molar-refractivity contribution in [2.75, 3.05) is 31.9 Å². The van der Waals surface area contributed by atoms with Crippen LogP contribution in [0.1, 0.15) is 19.3 Å². The van der Waals surface area contributed by atoms with Crippen LogP contribution in [0.2, 0.25) is 5.02 Å². The van der Waals surface area contributed by atoms with E-state index < -0.39 is 0 Å². The Kier molecular flexibility index (Phi) is 5.66. The van der Waals surface area contributed by atoms with E-state index in [0.717, 1.165) is 61.6 Å². The van der Waals surface area contributed by atoms with Gasteiger partial charge in [0.1, 0.15) is 0 Å². The second kappa shape index (κ2) is 7.71. The van der Waals surface area contributed by atoms with Crippen LogP contribution in [-0.2, 0) is 4.79 Å². The van der Waals surface area contributed by atoms with Gasteiger partial charge in [-0.25, -0.2) is 0 Å². The lowest BCUT2D eigenvalue weighted by Gasteiger charge is -2.20. The summed E-state index contributed by atoms with van der Waals surface area (Å²) in [6, 6.07) is 7.82. The molecule has 2 heterocycles. The zero-order valence-electron chi connectivity index (χ0n) is 12.8. The topological polar surface area (TPSA) is 32.3 Å². The van der Waals surface area contributed by atoms with Gasteiger partial charge < -0.3 is 10.2 Å². The lowest BCUT2D eigenvalue weighted by molar-refractivity contribution is -0.130. The molecule has 1 aromatic rings. The molecule has 0 aliphatic carbocycles. The highest BCUT2D eigenvalue weighted by Crippen LogP contribution is 2.27. The van der Waals surface area contributed by atoms with Gasteiger partial charge in [0, 0.05) is 35.2 Å². The third-order valence-electron chi connectivity index (χ3n) is 4.77. The third kappa shape index (κ3) is 4.18. The summed E-state index contributed by atoms with van der Waals surface area (Å²) in [6.45, 7) is 4.15. The molecular weight excluding hydrogens is 316 g/mol. The Balaban J connectivity index is 1.42. The number of hydrogen-bond donors (Lipinski definition) is 1. The maximum atomic E-state index is 12.4. The fourth-order valence-corrected chi connectivity index (χ4v) is 4.38. The van der Waals surface area contributed by atoms with Crippen molar-refractivity contribution in [2.45, 2.75) is 24.2 Å². The van der Waals surface area contributed by atoms with Crippen LogP contribution >= 0.6 is 23.4 Å². The number of halogens is 1. The number of likely N-dealkylation sites (tertiary alicyclic amines) is 1. The van der Waals surface area contributed by atoms with E-state index in [2.05, 4.69) is 10.2 Å². The normalized spacial score (nSPS) is 24.9. The first-order valence-electron chi connectivity index (χ1n) is 8.09. The van der Waals surface area contributed by atoms with Crippen LogP contribution in [0.25, 0.3) is 0 Å². The van der Waals surface area contributed by atoms with Gasteiger partial charge >= 0.3 is 0 Å². The van der Waals surface area contributed by atoms with Gasteiger partial charge in [0.2, 0.25) is 5.91 Å². The molecule has 0 bridgehead atoms. The second-order valence-electron chi connectivity index (χ2n) is 6.19. The summed E-state index contributed by atoms with van der Waals surface area (Å²) >= 11 is 7.61. The molecule has 2 aliphatic rings. The highest BCUT2D eigenvalue weighted by molar-refractivity contribution is 7.99. The number of rotatable bonds is 4. The van der Waals surface area contributed by atoms with Gasteiger partial charge in [0.15, 0.2) is 0 Å². The number of hydrogen-bond acceptors (Lipinski definition) is 3. The Bertz CT molecular complexity index is 494. The van der Waals surface area contributed by atoms with Crippen molar-refractivity contribution in [2.24, 2.45) is 11.8 Å². The maximum Gasteiger partial charge on any atom is 0.223 e. The van der Waals surface area contributed by atoms with Gasteiger partial charge in [-0.15, -0.1) is 11.8 Å². The molecule has 1 aromatic carbocycles. The standard InChI is InChI=1S/C17H23ClN2OS/c18-15-1-3-16(4-2-15)22-10-7-17(21)20-8-5-13-11-19-12-14(13)6-9-20/h1-4,13-14,19H,5-12H2/t13-,14+. The Morgan fingerprint density at radius 2 is 1.82 bits per heavy atom.